The highest BCUT2D eigenvalue weighted by Gasteiger charge is 2.34. The molecule has 1 fully saturated rings. The summed E-state index contributed by atoms with van der Waals surface area (Å²) in [5.41, 5.74) is 1.59. The van der Waals surface area contributed by atoms with Gasteiger partial charge in [-0.25, -0.2) is 8.42 Å². The predicted molar refractivity (Wildman–Crippen MR) is 176 cm³/mol. The zero-order chi connectivity index (χ0) is 31.9. The fourth-order valence-corrected chi connectivity index (χ4v) is 6.92. The number of anilines is 1. The van der Waals surface area contributed by atoms with Crippen molar-refractivity contribution in [1.29, 1.82) is 0 Å². The van der Waals surface area contributed by atoms with Gasteiger partial charge in [-0.15, -0.1) is 0 Å². The Kier molecular flexibility index (Phi) is 11.8. The quantitative estimate of drug-likeness (QED) is 0.235. The van der Waals surface area contributed by atoms with Crippen molar-refractivity contribution in [3.63, 3.8) is 0 Å². The number of ether oxygens (including phenoxy) is 1. The number of hydrogen-bond donors (Lipinski definition) is 1. The van der Waals surface area contributed by atoms with Crippen LogP contribution in [0.25, 0.3) is 0 Å². The average molecular weight is 681 g/mol. The summed E-state index contributed by atoms with van der Waals surface area (Å²) in [6.07, 6.45) is 6.10. The summed E-state index contributed by atoms with van der Waals surface area (Å²) in [6.45, 7) is -0.625. The minimum atomic E-state index is -3.95. The third kappa shape index (κ3) is 9.03. The standard InChI is InChI=1S/C32H36Cl3N3O5S/c1-43-30-16-15-26(19-28(30)35)38(44(2,41)42)21-31(39)37(20-23-13-14-24(33)18-27(23)34)29(17-22-9-5-3-6-10-22)32(40)36-25-11-7-4-8-12-25/h3,5-6,9-10,13-16,18-19,25,29H,4,7-8,11-12,17,20-21H2,1-2H3,(H,36,40)/t29-/m1/s1. The van der Waals surface area contributed by atoms with Crippen LogP contribution in [0, 0.1) is 0 Å². The Morgan fingerprint density at radius 3 is 2.27 bits per heavy atom. The highest BCUT2D eigenvalue weighted by atomic mass is 35.5. The maximum Gasteiger partial charge on any atom is 0.244 e. The molecule has 0 aliphatic heterocycles. The number of rotatable bonds is 12. The van der Waals surface area contributed by atoms with E-state index in [0.29, 0.717) is 21.4 Å². The summed E-state index contributed by atoms with van der Waals surface area (Å²) < 4.78 is 32.2. The lowest BCUT2D eigenvalue weighted by Crippen LogP contribution is -2.55. The first kappa shape index (κ1) is 33.9. The highest BCUT2D eigenvalue weighted by molar-refractivity contribution is 7.92. The van der Waals surface area contributed by atoms with Gasteiger partial charge in [-0.3, -0.25) is 13.9 Å². The van der Waals surface area contributed by atoms with Crippen LogP contribution in [0.4, 0.5) is 5.69 Å². The van der Waals surface area contributed by atoms with Crippen molar-refractivity contribution in [1.82, 2.24) is 10.2 Å². The van der Waals surface area contributed by atoms with E-state index in [-0.39, 0.29) is 35.6 Å². The molecule has 8 nitrogen and oxygen atoms in total. The minimum Gasteiger partial charge on any atom is -0.495 e. The summed E-state index contributed by atoms with van der Waals surface area (Å²) in [6, 6.07) is 17.8. The number of carbonyl (C=O) groups is 2. The summed E-state index contributed by atoms with van der Waals surface area (Å²) in [5, 5.41) is 4.10. The Morgan fingerprint density at radius 1 is 0.955 bits per heavy atom. The lowest BCUT2D eigenvalue weighted by atomic mass is 9.94. The van der Waals surface area contributed by atoms with Crippen LogP contribution in [0.2, 0.25) is 15.1 Å². The number of hydrogen-bond acceptors (Lipinski definition) is 5. The fraction of sp³-hybridized carbons (Fsp3) is 0.375. The van der Waals surface area contributed by atoms with E-state index in [1.807, 2.05) is 30.3 Å². The van der Waals surface area contributed by atoms with Crippen LogP contribution in [0.1, 0.15) is 43.2 Å². The van der Waals surface area contributed by atoms with E-state index in [9.17, 15) is 18.0 Å². The van der Waals surface area contributed by atoms with Crippen LogP contribution in [0.5, 0.6) is 5.75 Å². The molecule has 3 aromatic rings. The second-order valence-electron chi connectivity index (χ2n) is 10.9. The maximum absolute atomic E-state index is 14.3. The molecule has 1 N–H and O–H groups in total. The molecular formula is C32H36Cl3N3O5S. The van der Waals surface area contributed by atoms with Gasteiger partial charge in [0.2, 0.25) is 21.8 Å². The molecule has 3 aromatic carbocycles. The molecule has 0 spiro atoms. The van der Waals surface area contributed by atoms with Crippen LogP contribution in [-0.2, 0) is 32.6 Å². The molecule has 12 heteroatoms. The van der Waals surface area contributed by atoms with Crippen LogP contribution >= 0.6 is 34.8 Å². The van der Waals surface area contributed by atoms with Gasteiger partial charge in [-0.2, -0.15) is 0 Å². The molecule has 4 rings (SSSR count). The largest absolute Gasteiger partial charge is 0.495 e. The van der Waals surface area contributed by atoms with Crippen molar-refractivity contribution < 1.29 is 22.7 Å². The normalized spacial score (nSPS) is 14.5. The molecule has 0 heterocycles. The van der Waals surface area contributed by atoms with Crippen molar-refractivity contribution in [2.75, 3.05) is 24.2 Å². The van der Waals surface area contributed by atoms with Crippen molar-refractivity contribution in [3.05, 3.63) is 92.9 Å². The first-order chi connectivity index (χ1) is 21.0. The van der Waals surface area contributed by atoms with Crippen molar-refractivity contribution >= 4 is 62.3 Å². The van der Waals surface area contributed by atoms with E-state index < -0.39 is 28.5 Å². The van der Waals surface area contributed by atoms with Crippen LogP contribution in [0.3, 0.4) is 0 Å². The van der Waals surface area contributed by atoms with E-state index in [1.54, 1.807) is 18.2 Å². The monoisotopic (exact) mass is 679 g/mol. The number of benzene rings is 3. The Hall–Kier alpha value is -2.98. The number of sulfonamides is 1. The first-order valence-electron chi connectivity index (χ1n) is 14.3. The molecule has 0 aromatic heterocycles. The molecule has 0 unspecified atom stereocenters. The second-order valence-corrected chi connectivity index (χ2v) is 14.1. The molecule has 1 saturated carbocycles. The number of halogens is 3. The number of nitrogens with zero attached hydrogens (tertiary/aromatic N) is 2. The topological polar surface area (TPSA) is 96.0 Å². The number of nitrogens with one attached hydrogen (secondary N) is 1. The molecule has 1 atom stereocenters. The van der Waals surface area contributed by atoms with Crippen molar-refractivity contribution in [2.45, 2.75) is 57.2 Å². The van der Waals surface area contributed by atoms with Gasteiger partial charge in [0.25, 0.3) is 0 Å². The number of methoxy groups -OCH3 is 1. The van der Waals surface area contributed by atoms with Gasteiger partial charge >= 0.3 is 0 Å². The van der Waals surface area contributed by atoms with E-state index in [0.717, 1.165) is 48.2 Å². The average Bonchev–Trinajstić information content (AvgIpc) is 2.99. The lowest BCUT2D eigenvalue weighted by molar-refractivity contribution is -0.140. The molecular weight excluding hydrogens is 645 g/mol. The predicted octanol–water partition coefficient (Wildman–Crippen LogP) is 6.51. The molecule has 0 radical (unpaired) electrons. The smallest absolute Gasteiger partial charge is 0.244 e. The Labute approximate surface area is 274 Å². The molecule has 0 saturated heterocycles. The molecule has 1 aliphatic carbocycles. The molecule has 44 heavy (non-hydrogen) atoms. The third-order valence-corrected chi connectivity index (χ3v) is 9.70. The zero-order valence-corrected chi connectivity index (χ0v) is 27.7. The summed E-state index contributed by atoms with van der Waals surface area (Å²) >= 11 is 19.0. The van der Waals surface area contributed by atoms with Crippen molar-refractivity contribution in [3.8, 4) is 5.75 Å². The van der Waals surface area contributed by atoms with Gasteiger partial charge in [0.15, 0.2) is 0 Å². The van der Waals surface area contributed by atoms with Crippen LogP contribution in [-0.4, -0.2) is 57.1 Å². The fourth-order valence-electron chi connectivity index (χ4n) is 5.36. The van der Waals surface area contributed by atoms with Gasteiger partial charge < -0.3 is 15.0 Å². The summed E-state index contributed by atoms with van der Waals surface area (Å²) in [4.78, 5) is 29.7. The maximum atomic E-state index is 14.3. The number of amides is 2. The van der Waals surface area contributed by atoms with E-state index in [1.165, 1.54) is 30.2 Å². The lowest BCUT2D eigenvalue weighted by Gasteiger charge is -2.35. The van der Waals surface area contributed by atoms with Gasteiger partial charge in [0.05, 0.1) is 24.1 Å². The zero-order valence-electron chi connectivity index (χ0n) is 24.6. The SMILES string of the molecule is COc1ccc(N(CC(=O)N(Cc2ccc(Cl)cc2Cl)[C@H](Cc2ccccc2)C(=O)NC2CCCCC2)S(C)(=O)=O)cc1Cl. The van der Waals surface area contributed by atoms with Gasteiger partial charge in [0, 0.05) is 29.1 Å². The first-order valence-corrected chi connectivity index (χ1v) is 17.3. The summed E-state index contributed by atoms with van der Waals surface area (Å²) in [7, 11) is -2.51. The Morgan fingerprint density at radius 2 is 1.66 bits per heavy atom. The van der Waals surface area contributed by atoms with E-state index >= 15 is 0 Å². The van der Waals surface area contributed by atoms with Crippen LogP contribution in [0.15, 0.2) is 66.7 Å². The van der Waals surface area contributed by atoms with Crippen LogP contribution < -0.4 is 14.4 Å². The van der Waals surface area contributed by atoms with E-state index in [4.69, 9.17) is 39.5 Å². The number of carbonyl (C=O) groups excluding carboxylic acids is 2. The van der Waals surface area contributed by atoms with Gasteiger partial charge in [0.1, 0.15) is 18.3 Å². The second kappa shape index (κ2) is 15.3. The Balaban J connectivity index is 1.75. The molecule has 0 bridgehead atoms. The molecule has 1 aliphatic rings. The highest BCUT2D eigenvalue weighted by Crippen LogP contribution is 2.31. The molecule has 2 amide bonds. The third-order valence-electron chi connectivity index (χ3n) is 7.68. The van der Waals surface area contributed by atoms with E-state index in [2.05, 4.69) is 5.32 Å². The molecule has 236 valence electrons. The van der Waals surface area contributed by atoms with Gasteiger partial charge in [-0.05, 0) is 54.3 Å². The minimum absolute atomic E-state index is 0.000413. The Bertz CT molecular complexity index is 1570. The van der Waals surface area contributed by atoms with Crippen molar-refractivity contribution in [2.24, 2.45) is 0 Å². The van der Waals surface area contributed by atoms with Gasteiger partial charge in [-0.1, -0.05) is 90.5 Å². The summed E-state index contributed by atoms with van der Waals surface area (Å²) in [5.74, 6) is -0.540.